The number of nitriles is 1. The Morgan fingerprint density at radius 3 is 2.41 bits per heavy atom. The first-order valence-electron chi connectivity index (χ1n) is 13.4. The van der Waals surface area contributed by atoms with Gasteiger partial charge in [0.15, 0.2) is 0 Å². The van der Waals surface area contributed by atoms with Gasteiger partial charge in [0.2, 0.25) is 5.91 Å². The number of nitrogens with one attached hydrogen (secondary N) is 1. The fourth-order valence-corrected chi connectivity index (χ4v) is 6.29. The van der Waals surface area contributed by atoms with Crippen LogP contribution in [-0.2, 0) is 11.5 Å². The molecule has 3 heterocycles. The van der Waals surface area contributed by atoms with Gasteiger partial charge in [-0.2, -0.15) is 5.26 Å². The zero-order valence-electron chi connectivity index (χ0n) is 21.2. The predicted octanol–water partition coefficient (Wildman–Crippen LogP) is 4.93. The third kappa shape index (κ3) is 6.19. The van der Waals surface area contributed by atoms with Crippen LogP contribution in [0.2, 0.25) is 5.02 Å². The van der Waals surface area contributed by atoms with E-state index in [9.17, 15) is 9.18 Å². The van der Waals surface area contributed by atoms with Crippen LogP contribution in [0.15, 0.2) is 42.5 Å². The molecule has 0 radical (unpaired) electrons. The Hall–Kier alpha value is -2.82. The molecule has 2 aromatic rings. The third-order valence-corrected chi connectivity index (χ3v) is 8.46. The van der Waals surface area contributed by atoms with Gasteiger partial charge in [-0.25, -0.2) is 4.39 Å². The molecule has 3 saturated heterocycles. The van der Waals surface area contributed by atoms with Crippen molar-refractivity contribution < 1.29 is 9.18 Å². The summed E-state index contributed by atoms with van der Waals surface area (Å²) in [6, 6.07) is 15.6. The van der Waals surface area contributed by atoms with Crippen molar-refractivity contribution in [1.82, 2.24) is 9.80 Å². The molecule has 5 rings (SSSR count). The van der Waals surface area contributed by atoms with E-state index in [1.807, 2.05) is 29.2 Å². The lowest BCUT2D eigenvalue weighted by atomic mass is 10.0. The van der Waals surface area contributed by atoms with Crippen LogP contribution in [0.1, 0.15) is 36.8 Å². The molecule has 3 fully saturated rings. The summed E-state index contributed by atoms with van der Waals surface area (Å²) < 4.78 is 13.2. The van der Waals surface area contributed by atoms with Crippen molar-refractivity contribution in [3.63, 3.8) is 0 Å². The fourth-order valence-electron chi connectivity index (χ4n) is 6.16. The lowest BCUT2D eigenvalue weighted by Crippen LogP contribution is -2.42. The first-order valence-corrected chi connectivity index (χ1v) is 13.8. The number of carbonyl (C=O) groups excluding carboxylic acids is 1. The molecule has 3 aliphatic heterocycles. The summed E-state index contributed by atoms with van der Waals surface area (Å²) in [5.41, 5.74) is 2.89. The van der Waals surface area contributed by atoms with Crippen LogP contribution in [0.3, 0.4) is 0 Å². The van der Waals surface area contributed by atoms with Crippen LogP contribution >= 0.6 is 11.6 Å². The number of rotatable bonds is 8. The van der Waals surface area contributed by atoms with Gasteiger partial charge in [-0.15, -0.1) is 0 Å². The molecule has 2 unspecified atom stereocenters. The lowest BCUT2D eigenvalue weighted by Gasteiger charge is -2.33. The van der Waals surface area contributed by atoms with E-state index < -0.39 is 6.67 Å². The Kier molecular flexibility index (Phi) is 8.17. The Balaban J connectivity index is 0.995. The number of benzene rings is 2. The van der Waals surface area contributed by atoms with Crippen LogP contribution in [0, 0.1) is 23.2 Å². The zero-order valence-corrected chi connectivity index (χ0v) is 22.0. The minimum atomic E-state index is -0.647. The normalized spacial score (nSPS) is 22.2. The highest BCUT2D eigenvalue weighted by Crippen LogP contribution is 2.34. The highest BCUT2D eigenvalue weighted by atomic mass is 35.5. The van der Waals surface area contributed by atoms with Gasteiger partial charge in [-0.3, -0.25) is 4.79 Å². The number of hydrogen-bond acceptors (Lipinski definition) is 5. The number of carbonyl (C=O) groups is 1. The molecule has 0 bridgehead atoms. The van der Waals surface area contributed by atoms with Gasteiger partial charge in [-0.1, -0.05) is 11.6 Å². The maximum atomic E-state index is 13.2. The molecule has 196 valence electrons. The Bertz CT molecular complexity index is 1110. The second-order valence-electron chi connectivity index (χ2n) is 10.7. The topological polar surface area (TPSA) is 62.6 Å². The van der Waals surface area contributed by atoms with E-state index in [-0.39, 0.29) is 11.9 Å². The van der Waals surface area contributed by atoms with Crippen molar-refractivity contribution in [1.29, 1.82) is 5.26 Å². The van der Waals surface area contributed by atoms with Crippen molar-refractivity contribution >= 4 is 28.9 Å². The molecule has 0 saturated carbocycles. The fraction of sp³-hybridized carbons (Fsp3) is 0.517. The number of alkyl halides is 1. The first-order chi connectivity index (χ1) is 18.0. The largest absolute Gasteiger partial charge is 0.382 e. The summed E-state index contributed by atoms with van der Waals surface area (Å²) in [4.78, 5) is 19.8. The van der Waals surface area contributed by atoms with E-state index in [0.29, 0.717) is 29.4 Å². The monoisotopic (exact) mass is 523 g/mol. The molecule has 8 heteroatoms. The average Bonchev–Trinajstić information content (AvgIpc) is 3.48. The number of nitrogens with zero attached hydrogens (tertiary/aromatic N) is 4. The number of anilines is 2. The molecule has 2 atom stereocenters. The van der Waals surface area contributed by atoms with Crippen LogP contribution < -0.4 is 10.2 Å². The molecule has 3 aliphatic rings. The van der Waals surface area contributed by atoms with Crippen LogP contribution in [0.5, 0.6) is 0 Å². The summed E-state index contributed by atoms with van der Waals surface area (Å²) in [7, 11) is 0. The van der Waals surface area contributed by atoms with Gasteiger partial charge < -0.3 is 20.0 Å². The number of amides is 1. The molecular weight excluding hydrogens is 489 g/mol. The van der Waals surface area contributed by atoms with E-state index >= 15 is 0 Å². The smallest absolute Gasteiger partial charge is 0.222 e. The van der Waals surface area contributed by atoms with Crippen molar-refractivity contribution in [3.05, 3.63) is 58.6 Å². The molecule has 1 N–H and O–H groups in total. The summed E-state index contributed by atoms with van der Waals surface area (Å²) >= 11 is 6.03. The maximum absolute atomic E-state index is 13.2. The number of likely N-dealkylation sites (tertiary alicyclic amines) is 2. The molecule has 0 aromatic heterocycles. The van der Waals surface area contributed by atoms with E-state index in [0.717, 1.165) is 75.8 Å². The number of piperidine rings is 1. The lowest BCUT2D eigenvalue weighted by molar-refractivity contribution is -0.132. The number of hydrogen-bond donors (Lipinski definition) is 1. The van der Waals surface area contributed by atoms with Crippen molar-refractivity contribution in [2.45, 2.75) is 38.4 Å². The quantitative estimate of drug-likeness (QED) is 0.531. The van der Waals surface area contributed by atoms with Crippen LogP contribution in [0.25, 0.3) is 0 Å². The van der Waals surface area contributed by atoms with E-state index in [2.05, 4.69) is 27.2 Å². The second-order valence-corrected chi connectivity index (χ2v) is 11.1. The maximum Gasteiger partial charge on any atom is 0.222 e. The molecule has 0 spiro atoms. The first kappa shape index (κ1) is 25.8. The van der Waals surface area contributed by atoms with Crippen molar-refractivity contribution in [2.75, 3.05) is 56.0 Å². The summed E-state index contributed by atoms with van der Waals surface area (Å²) in [6.07, 6.45) is 3.26. The highest BCUT2D eigenvalue weighted by Gasteiger charge is 2.39. The number of fused-ring (bicyclic) bond motifs is 1. The van der Waals surface area contributed by atoms with Crippen molar-refractivity contribution in [3.8, 4) is 6.07 Å². The molecule has 6 nitrogen and oxygen atoms in total. The van der Waals surface area contributed by atoms with Crippen LogP contribution in [0.4, 0.5) is 15.8 Å². The van der Waals surface area contributed by atoms with Crippen molar-refractivity contribution in [2.24, 2.45) is 11.8 Å². The van der Waals surface area contributed by atoms with Crippen LogP contribution in [-0.4, -0.2) is 67.6 Å². The summed E-state index contributed by atoms with van der Waals surface area (Å²) in [5, 5.41) is 13.3. The highest BCUT2D eigenvalue weighted by molar-refractivity contribution is 6.30. The Morgan fingerprint density at radius 1 is 1.05 bits per heavy atom. The zero-order chi connectivity index (χ0) is 25.8. The molecular formula is C29H35ClFN5O. The Morgan fingerprint density at radius 2 is 1.76 bits per heavy atom. The van der Waals surface area contributed by atoms with Gasteiger partial charge in [0.1, 0.15) is 6.67 Å². The standard InChI is InChI=1S/C29H35ClFN5O/c30-25-4-7-28(8-5-25)36-19-23-17-34(18-24(23)20-36)11-1-2-29(37)35-12-9-26(10-13-35)33-27-6-3-21(16-32)22(14-27)15-31/h3-8,14,23-24,26,33H,1-2,9-13,15,17-20H2. The van der Waals surface area contributed by atoms with E-state index in [4.69, 9.17) is 16.9 Å². The number of halogens is 2. The van der Waals surface area contributed by atoms with Gasteiger partial charge >= 0.3 is 0 Å². The Labute approximate surface area is 224 Å². The van der Waals surface area contributed by atoms with Gasteiger partial charge in [0.25, 0.3) is 0 Å². The third-order valence-electron chi connectivity index (χ3n) is 8.21. The van der Waals surface area contributed by atoms with Gasteiger partial charge in [-0.05, 0) is 80.1 Å². The second kappa shape index (κ2) is 11.7. The van der Waals surface area contributed by atoms with Gasteiger partial charge in [0, 0.05) is 73.7 Å². The van der Waals surface area contributed by atoms with E-state index in [1.54, 1.807) is 12.1 Å². The minimum absolute atomic E-state index is 0.251. The molecule has 37 heavy (non-hydrogen) atoms. The SMILES string of the molecule is N#Cc1ccc(NC2CCN(C(=O)CCCN3CC4CN(c5ccc(Cl)cc5)CC4C3)CC2)cc1CF. The average molecular weight is 524 g/mol. The minimum Gasteiger partial charge on any atom is -0.382 e. The molecule has 2 aromatic carbocycles. The van der Waals surface area contributed by atoms with Gasteiger partial charge in [0.05, 0.1) is 11.6 Å². The molecule has 0 aliphatic carbocycles. The molecule has 1 amide bonds. The van der Waals surface area contributed by atoms with E-state index in [1.165, 1.54) is 5.69 Å². The predicted molar refractivity (Wildman–Crippen MR) is 146 cm³/mol. The summed E-state index contributed by atoms with van der Waals surface area (Å²) in [6.45, 7) is 6.29. The summed E-state index contributed by atoms with van der Waals surface area (Å²) in [5.74, 6) is 1.66.